The average molecular weight is 359 g/mol. The number of carbonyl (C=O) groups is 1. The topological polar surface area (TPSA) is 78.4 Å². The molecule has 0 aliphatic carbocycles. The monoisotopic (exact) mass is 359 g/mol. The van der Waals surface area contributed by atoms with Gasteiger partial charge in [-0.3, -0.25) is 4.79 Å². The normalized spacial score (nSPS) is 11.3. The van der Waals surface area contributed by atoms with Gasteiger partial charge in [0.2, 0.25) is 5.91 Å². The smallest absolute Gasteiger partial charge is 0.221 e. The summed E-state index contributed by atoms with van der Waals surface area (Å²) in [6.45, 7) is 9.60. The molecule has 1 heterocycles. The fraction of sp³-hybridized carbons (Fsp3) is 0.389. The van der Waals surface area contributed by atoms with E-state index in [4.69, 9.17) is 0 Å². The minimum Gasteiger partial charge on any atom is -0.357 e. The SMILES string of the molecule is CCNC(=NCc1cccc(NC(C)=O)c1)NCc1nc(C)c(C)s1. The van der Waals surface area contributed by atoms with Gasteiger partial charge in [0.05, 0.1) is 18.8 Å². The summed E-state index contributed by atoms with van der Waals surface area (Å²) >= 11 is 1.70. The van der Waals surface area contributed by atoms with E-state index in [2.05, 4.69) is 32.9 Å². The Hall–Kier alpha value is -2.41. The molecule has 1 aromatic carbocycles. The summed E-state index contributed by atoms with van der Waals surface area (Å²) in [4.78, 5) is 21.5. The number of carbonyl (C=O) groups excluding carboxylic acids is 1. The molecule has 0 fully saturated rings. The molecular weight excluding hydrogens is 334 g/mol. The zero-order chi connectivity index (χ0) is 18.2. The summed E-state index contributed by atoms with van der Waals surface area (Å²) in [5.74, 6) is 0.669. The largest absolute Gasteiger partial charge is 0.357 e. The summed E-state index contributed by atoms with van der Waals surface area (Å²) in [5, 5.41) is 10.4. The molecule has 3 N–H and O–H groups in total. The first-order valence-corrected chi connectivity index (χ1v) is 9.11. The van der Waals surface area contributed by atoms with Crippen LogP contribution in [0.25, 0.3) is 0 Å². The highest BCUT2D eigenvalue weighted by Gasteiger charge is 2.05. The van der Waals surface area contributed by atoms with Gasteiger partial charge < -0.3 is 16.0 Å². The minimum atomic E-state index is -0.0790. The molecular formula is C18H25N5OS. The molecule has 0 unspecified atom stereocenters. The van der Waals surface area contributed by atoms with Crippen LogP contribution in [0.3, 0.4) is 0 Å². The van der Waals surface area contributed by atoms with Crippen molar-refractivity contribution in [3.05, 3.63) is 45.4 Å². The highest BCUT2D eigenvalue weighted by molar-refractivity contribution is 7.11. The van der Waals surface area contributed by atoms with E-state index in [-0.39, 0.29) is 5.91 Å². The Balaban J connectivity index is 2.00. The van der Waals surface area contributed by atoms with Crippen molar-refractivity contribution in [3.8, 4) is 0 Å². The van der Waals surface area contributed by atoms with Gasteiger partial charge in [0.15, 0.2) is 5.96 Å². The molecule has 2 aromatic rings. The fourth-order valence-corrected chi connectivity index (χ4v) is 3.11. The molecule has 0 spiro atoms. The Labute approximate surface area is 152 Å². The van der Waals surface area contributed by atoms with Gasteiger partial charge in [0.1, 0.15) is 5.01 Å². The van der Waals surface area contributed by atoms with Gasteiger partial charge in [0.25, 0.3) is 0 Å². The van der Waals surface area contributed by atoms with Crippen LogP contribution in [-0.4, -0.2) is 23.4 Å². The lowest BCUT2D eigenvalue weighted by Crippen LogP contribution is -2.36. The van der Waals surface area contributed by atoms with Crippen LogP contribution < -0.4 is 16.0 Å². The predicted molar refractivity (Wildman–Crippen MR) is 104 cm³/mol. The molecule has 0 aliphatic heterocycles. The lowest BCUT2D eigenvalue weighted by atomic mass is 10.2. The van der Waals surface area contributed by atoms with Crippen LogP contribution in [0.15, 0.2) is 29.3 Å². The number of guanidine groups is 1. The Morgan fingerprint density at radius 3 is 2.72 bits per heavy atom. The van der Waals surface area contributed by atoms with E-state index in [9.17, 15) is 4.79 Å². The Kier molecular flexibility index (Phi) is 6.94. The summed E-state index contributed by atoms with van der Waals surface area (Å²) in [5.41, 5.74) is 2.90. The zero-order valence-corrected chi connectivity index (χ0v) is 16.0. The standard InChI is InChI=1S/C18H25N5OS/c1-5-19-18(21-11-17-22-12(2)13(3)25-17)20-10-15-7-6-8-16(9-15)23-14(4)24/h6-9H,5,10-11H2,1-4H3,(H,23,24)(H2,19,20,21). The third-order valence-electron chi connectivity index (χ3n) is 3.49. The van der Waals surface area contributed by atoms with Crippen LogP contribution in [0, 0.1) is 13.8 Å². The maximum atomic E-state index is 11.2. The van der Waals surface area contributed by atoms with Gasteiger partial charge in [-0.1, -0.05) is 12.1 Å². The van der Waals surface area contributed by atoms with Crippen molar-refractivity contribution in [3.63, 3.8) is 0 Å². The van der Waals surface area contributed by atoms with E-state index < -0.39 is 0 Å². The second-order valence-corrected chi connectivity index (χ2v) is 6.97. The number of thiazole rings is 1. The van der Waals surface area contributed by atoms with E-state index >= 15 is 0 Å². The van der Waals surface area contributed by atoms with Gasteiger partial charge in [0, 0.05) is 24.0 Å². The van der Waals surface area contributed by atoms with Gasteiger partial charge in [-0.15, -0.1) is 11.3 Å². The van der Waals surface area contributed by atoms with Crippen molar-refractivity contribution in [2.45, 2.75) is 40.8 Å². The number of hydrogen-bond donors (Lipinski definition) is 3. The molecule has 134 valence electrons. The van der Waals surface area contributed by atoms with Crippen LogP contribution in [0.5, 0.6) is 0 Å². The number of amides is 1. The number of hydrogen-bond acceptors (Lipinski definition) is 4. The van der Waals surface area contributed by atoms with Crippen molar-refractivity contribution >= 4 is 28.9 Å². The lowest BCUT2D eigenvalue weighted by molar-refractivity contribution is -0.114. The maximum Gasteiger partial charge on any atom is 0.221 e. The molecule has 0 atom stereocenters. The first-order chi connectivity index (χ1) is 12.0. The van der Waals surface area contributed by atoms with E-state index in [1.807, 2.05) is 38.1 Å². The van der Waals surface area contributed by atoms with E-state index in [1.54, 1.807) is 11.3 Å². The number of rotatable bonds is 6. The molecule has 25 heavy (non-hydrogen) atoms. The number of aromatic nitrogens is 1. The number of aliphatic imine (C=N–C) groups is 1. The van der Waals surface area contributed by atoms with Gasteiger partial charge in [-0.2, -0.15) is 0 Å². The van der Waals surface area contributed by atoms with E-state index in [0.717, 1.165) is 34.5 Å². The number of anilines is 1. The van der Waals surface area contributed by atoms with Crippen LogP contribution in [0.1, 0.15) is 35.0 Å². The van der Waals surface area contributed by atoms with E-state index in [1.165, 1.54) is 11.8 Å². The quantitative estimate of drug-likeness (QED) is 0.547. The van der Waals surface area contributed by atoms with Crippen LogP contribution in [0.2, 0.25) is 0 Å². The van der Waals surface area contributed by atoms with Crippen molar-refractivity contribution in [1.82, 2.24) is 15.6 Å². The molecule has 1 aromatic heterocycles. The Morgan fingerprint density at radius 2 is 2.08 bits per heavy atom. The average Bonchev–Trinajstić information content (AvgIpc) is 2.88. The van der Waals surface area contributed by atoms with Crippen molar-refractivity contribution in [2.75, 3.05) is 11.9 Å². The molecule has 0 bridgehead atoms. The highest BCUT2D eigenvalue weighted by atomic mass is 32.1. The van der Waals surface area contributed by atoms with E-state index in [0.29, 0.717) is 13.1 Å². The predicted octanol–water partition coefficient (Wildman–Crippen LogP) is 2.97. The molecule has 6 nitrogen and oxygen atoms in total. The molecule has 0 saturated carbocycles. The van der Waals surface area contributed by atoms with Gasteiger partial charge >= 0.3 is 0 Å². The maximum absolute atomic E-state index is 11.2. The highest BCUT2D eigenvalue weighted by Crippen LogP contribution is 2.16. The fourth-order valence-electron chi connectivity index (χ4n) is 2.24. The number of benzene rings is 1. The first kappa shape index (κ1) is 18.9. The molecule has 2 rings (SSSR count). The van der Waals surface area contributed by atoms with Gasteiger partial charge in [-0.25, -0.2) is 9.98 Å². The summed E-state index contributed by atoms with van der Waals surface area (Å²) < 4.78 is 0. The minimum absolute atomic E-state index is 0.0790. The molecule has 7 heteroatoms. The van der Waals surface area contributed by atoms with Crippen molar-refractivity contribution in [1.29, 1.82) is 0 Å². The number of aryl methyl sites for hydroxylation is 2. The second-order valence-electron chi connectivity index (χ2n) is 5.68. The second kappa shape index (κ2) is 9.17. The molecule has 0 radical (unpaired) electrons. The Morgan fingerprint density at radius 1 is 1.28 bits per heavy atom. The first-order valence-electron chi connectivity index (χ1n) is 8.29. The summed E-state index contributed by atoms with van der Waals surface area (Å²) in [7, 11) is 0. The lowest BCUT2D eigenvalue weighted by Gasteiger charge is -2.10. The summed E-state index contributed by atoms with van der Waals surface area (Å²) in [6, 6.07) is 7.71. The van der Waals surface area contributed by atoms with Crippen LogP contribution >= 0.6 is 11.3 Å². The zero-order valence-electron chi connectivity index (χ0n) is 15.1. The third kappa shape index (κ3) is 6.19. The third-order valence-corrected chi connectivity index (χ3v) is 4.56. The Bertz CT molecular complexity index is 734. The number of nitrogens with one attached hydrogen (secondary N) is 3. The van der Waals surface area contributed by atoms with Crippen LogP contribution in [0.4, 0.5) is 5.69 Å². The number of nitrogens with zero attached hydrogens (tertiary/aromatic N) is 2. The molecule has 0 aliphatic rings. The molecule has 1 amide bonds. The summed E-state index contributed by atoms with van der Waals surface area (Å²) in [6.07, 6.45) is 0. The molecule has 0 saturated heterocycles. The van der Waals surface area contributed by atoms with Gasteiger partial charge in [-0.05, 0) is 38.5 Å². The van der Waals surface area contributed by atoms with Crippen molar-refractivity contribution < 1.29 is 4.79 Å². The van der Waals surface area contributed by atoms with Crippen molar-refractivity contribution in [2.24, 2.45) is 4.99 Å². The van der Waals surface area contributed by atoms with Crippen LogP contribution in [-0.2, 0) is 17.9 Å².